The highest BCUT2D eigenvalue weighted by Crippen LogP contribution is 2.24. The summed E-state index contributed by atoms with van der Waals surface area (Å²) >= 11 is 6.01. The molecular formula is C18H18ClN3. The third-order valence-electron chi connectivity index (χ3n) is 3.53. The molecule has 3 aromatic rings. The summed E-state index contributed by atoms with van der Waals surface area (Å²) in [5, 5.41) is 8.64. The summed E-state index contributed by atoms with van der Waals surface area (Å²) < 4.78 is 0. The number of nitrogens with one attached hydrogen (secondary N) is 2. The summed E-state index contributed by atoms with van der Waals surface area (Å²) in [6.45, 7) is 3.77. The summed E-state index contributed by atoms with van der Waals surface area (Å²) in [5.41, 5.74) is 4.39. The van der Waals surface area contributed by atoms with E-state index < -0.39 is 0 Å². The number of pyridine rings is 1. The first kappa shape index (κ1) is 14.7. The molecule has 0 unspecified atom stereocenters. The topological polar surface area (TPSA) is 37.0 Å². The van der Waals surface area contributed by atoms with E-state index in [2.05, 4.69) is 46.8 Å². The lowest BCUT2D eigenvalue weighted by molar-refractivity contribution is 1.08. The number of rotatable bonds is 5. The molecule has 0 bridgehead atoms. The molecule has 1 aromatic heterocycles. The van der Waals surface area contributed by atoms with Crippen LogP contribution in [0.1, 0.15) is 5.56 Å². The van der Waals surface area contributed by atoms with Crippen molar-refractivity contribution in [2.75, 3.05) is 23.7 Å². The van der Waals surface area contributed by atoms with Gasteiger partial charge in [0.15, 0.2) is 0 Å². The predicted molar refractivity (Wildman–Crippen MR) is 94.9 cm³/mol. The smallest absolute Gasteiger partial charge is 0.0737 e. The Kier molecular flexibility index (Phi) is 4.45. The fourth-order valence-electron chi connectivity index (χ4n) is 2.35. The molecule has 0 saturated carbocycles. The van der Waals surface area contributed by atoms with E-state index in [1.807, 2.05) is 24.3 Å². The first-order valence-electron chi connectivity index (χ1n) is 7.31. The Labute approximate surface area is 135 Å². The molecule has 112 valence electrons. The van der Waals surface area contributed by atoms with Crippen molar-refractivity contribution in [3.63, 3.8) is 0 Å². The third-order valence-corrected chi connectivity index (χ3v) is 3.76. The molecule has 0 saturated heterocycles. The average molecular weight is 312 g/mol. The van der Waals surface area contributed by atoms with Gasteiger partial charge in [0.25, 0.3) is 0 Å². The van der Waals surface area contributed by atoms with Crippen LogP contribution in [0.15, 0.2) is 54.7 Å². The molecule has 0 atom stereocenters. The SMILES string of the molecule is Cc1ccc(NCCNc2ccnc3cc(Cl)ccc23)cc1. The van der Waals surface area contributed by atoms with Gasteiger partial charge < -0.3 is 10.6 Å². The van der Waals surface area contributed by atoms with Crippen molar-refractivity contribution in [2.45, 2.75) is 6.92 Å². The van der Waals surface area contributed by atoms with Crippen LogP contribution in [0.5, 0.6) is 0 Å². The Morgan fingerprint density at radius 1 is 0.955 bits per heavy atom. The Morgan fingerprint density at radius 3 is 2.55 bits per heavy atom. The van der Waals surface area contributed by atoms with Gasteiger partial charge in [-0.1, -0.05) is 29.3 Å². The van der Waals surface area contributed by atoms with Gasteiger partial charge in [-0.25, -0.2) is 0 Å². The maximum atomic E-state index is 6.01. The summed E-state index contributed by atoms with van der Waals surface area (Å²) in [5.74, 6) is 0. The van der Waals surface area contributed by atoms with Gasteiger partial charge in [0.05, 0.1) is 5.52 Å². The van der Waals surface area contributed by atoms with E-state index in [0.29, 0.717) is 5.02 Å². The average Bonchev–Trinajstić information content (AvgIpc) is 2.53. The molecule has 1 heterocycles. The number of fused-ring (bicyclic) bond motifs is 1. The highest BCUT2D eigenvalue weighted by atomic mass is 35.5. The molecule has 22 heavy (non-hydrogen) atoms. The highest BCUT2D eigenvalue weighted by molar-refractivity contribution is 6.31. The van der Waals surface area contributed by atoms with E-state index in [1.54, 1.807) is 6.20 Å². The van der Waals surface area contributed by atoms with Crippen LogP contribution in [0, 0.1) is 6.92 Å². The van der Waals surface area contributed by atoms with Gasteiger partial charge in [0.1, 0.15) is 0 Å². The monoisotopic (exact) mass is 311 g/mol. The van der Waals surface area contributed by atoms with Crippen molar-refractivity contribution in [1.29, 1.82) is 0 Å². The number of hydrogen-bond donors (Lipinski definition) is 2. The molecule has 2 aromatic carbocycles. The Morgan fingerprint density at radius 2 is 1.73 bits per heavy atom. The summed E-state index contributed by atoms with van der Waals surface area (Å²) in [4.78, 5) is 4.35. The van der Waals surface area contributed by atoms with Crippen molar-refractivity contribution in [3.05, 3.63) is 65.3 Å². The van der Waals surface area contributed by atoms with E-state index in [4.69, 9.17) is 11.6 Å². The van der Waals surface area contributed by atoms with Gasteiger partial charge in [0.2, 0.25) is 0 Å². The first-order chi connectivity index (χ1) is 10.7. The summed E-state index contributed by atoms with van der Waals surface area (Å²) in [6.07, 6.45) is 1.80. The molecule has 0 spiro atoms. The molecule has 0 fully saturated rings. The van der Waals surface area contributed by atoms with Gasteiger partial charge in [0, 0.05) is 41.1 Å². The second-order valence-corrected chi connectivity index (χ2v) is 5.68. The third kappa shape index (κ3) is 3.49. The zero-order valence-electron chi connectivity index (χ0n) is 12.4. The van der Waals surface area contributed by atoms with Gasteiger partial charge in [-0.2, -0.15) is 0 Å². The minimum Gasteiger partial charge on any atom is -0.383 e. The van der Waals surface area contributed by atoms with Crippen LogP contribution in [-0.4, -0.2) is 18.1 Å². The fraction of sp³-hybridized carbons (Fsp3) is 0.167. The predicted octanol–water partition coefficient (Wildman–Crippen LogP) is 4.72. The molecule has 0 aliphatic carbocycles. The minimum atomic E-state index is 0.707. The largest absolute Gasteiger partial charge is 0.383 e. The minimum absolute atomic E-state index is 0.707. The molecule has 2 N–H and O–H groups in total. The Bertz CT molecular complexity index is 769. The number of benzene rings is 2. The van der Waals surface area contributed by atoms with Gasteiger partial charge in [-0.3, -0.25) is 4.98 Å². The van der Waals surface area contributed by atoms with Crippen molar-refractivity contribution < 1.29 is 0 Å². The van der Waals surface area contributed by atoms with Crippen LogP contribution in [0.2, 0.25) is 5.02 Å². The normalized spacial score (nSPS) is 10.6. The molecular weight excluding hydrogens is 294 g/mol. The van der Waals surface area contributed by atoms with E-state index in [9.17, 15) is 0 Å². The Hall–Kier alpha value is -2.26. The van der Waals surface area contributed by atoms with Crippen LogP contribution < -0.4 is 10.6 Å². The molecule has 0 aliphatic rings. The number of hydrogen-bond acceptors (Lipinski definition) is 3. The van der Waals surface area contributed by atoms with Crippen molar-refractivity contribution in [3.8, 4) is 0 Å². The van der Waals surface area contributed by atoms with E-state index in [0.717, 1.165) is 35.4 Å². The zero-order valence-corrected chi connectivity index (χ0v) is 13.2. The molecule has 0 aliphatic heterocycles. The second-order valence-electron chi connectivity index (χ2n) is 5.24. The Balaban J connectivity index is 1.61. The van der Waals surface area contributed by atoms with E-state index >= 15 is 0 Å². The molecule has 3 nitrogen and oxygen atoms in total. The molecule has 3 rings (SSSR count). The molecule has 0 amide bonds. The van der Waals surface area contributed by atoms with Crippen LogP contribution in [-0.2, 0) is 0 Å². The second kappa shape index (κ2) is 6.67. The maximum absolute atomic E-state index is 6.01. The highest BCUT2D eigenvalue weighted by Gasteiger charge is 2.02. The summed E-state index contributed by atoms with van der Waals surface area (Å²) in [6, 6.07) is 16.2. The summed E-state index contributed by atoms with van der Waals surface area (Å²) in [7, 11) is 0. The standard InChI is InChI=1S/C18H18ClN3/c1-13-2-5-15(6-3-13)20-10-11-22-17-8-9-21-18-12-14(19)4-7-16(17)18/h2-9,12,20H,10-11H2,1H3,(H,21,22). The van der Waals surface area contributed by atoms with E-state index in [1.165, 1.54) is 5.56 Å². The number of aromatic nitrogens is 1. The lowest BCUT2D eigenvalue weighted by Gasteiger charge is -2.11. The lowest BCUT2D eigenvalue weighted by Crippen LogP contribution is -2.13. The van der Waals surface area contributed by atoms with Crippen LogP contribution in [0.4, 0.5) is 11.4 Å². The lowest BCUT2D eigenvalue weighted by atomic mass is 10.2. The zero-order chi connectivity index (χ0) is 15.4. The fourth-order valence-corrected chi connectivity index (χ4v) is 2.52. The number of anilines is 2. The maximum Gasteiger partial charge on any atom is 0.0737 e. The molecule has 0 radical (unpaired) electrons. The van der Waals surface area contributed by atoms with Crippen LogP contribution in [0.25, 0.3) is 10.9 Å². The number of halogens is 1. The van der Waals surface area contributed by atoms with Gasteiger partial charge >= 0.3 is 0 Å². The van der Waals surface area contributed by atoms with Crippen molar-refractivity contribution in [1.82, 2.24) is 4.98 Å². The van der Waals surface area contributed by atoms with Gasteiger partial charge in [-0.15, -0.1) is 0 Å². The molecule has 4 heteroatoms. The van der Waals surface area contributed by atoms with Crippen LogP contribution in [0.3, 0.4) is 0 Å². The van der Waals surface area contributed by atoms with Crippen molar-refractivity contribution in [2.24, 2.45) is 0 Å². The quantitative estimate of drug-likeness (QED) is 0.669. The van der Waals surface area contributed by atoms with Gasteiger partial charge in [-0.05, 0) is 43.3 Å². The number of nitrogens with zero attached hydrogens (tertiary/aromatic N) is 1. The van der Waals surface area contributed by atoms with E-state index in [-0.39, 0.29) is 0 Å². The number of aryl methyl sites for hydroxylation is 1. The first-order valence-corrected chi connectivity index (χ1v) is 7.69. The van der Waals surface area contributed by atoms with Crippen molar-refractivity contribution >= 4 is 33.9 Å². The van der Waals surface area contributed by atoms with Crippen LogP contribution >= 0.6 is 11.6 Å².